The number of piperazine rings is 1. The maximum absolute atomic E-state index is 13.1. The predicted octanol–water partition coefficient (Wildman–Crippen LogP) is 3.79. The third-order valence-electron chi connectivity index (χ3n) is 6.16. The fourth-order valence-electron chi connectivity index (χ4n) is 4.27. The Labute approximate surface area is 161 Å². The average molecular weight is 367 g/mol. The number of hydrogen-bond donors (Lipinski definition) is 0. The number of anilines is 1. The van der Waals surface area contributed by atoms with Crippen LogP contribution >= 0.6 is 0 Å². The number of carbonyl (C=O) groups is 1. The molecule has 1 aromatic carbocycles. The Balaban J connectivity index is 1.45. The first-order chi connectivity index (χ1) is 12.9. The number of carbonyl (C=O) groups excluding carboxylic acids is 1. The zero-order chi connectivity index (χ0) is 19.0. The van der Waals surface area contributed by atoms with Crippen LogP contribution in [0.3, 0.4) is 0 Å². The van der Waals surface area contributed by atoms with Gasteiger partial charge in [-0.2, -0.15) is 0 Å². The van der Waals surface area contributed by atoms with E-state index in [4.69, 9.17) is 4.52 Å². The molecule has 2 aliphatic rings. The normalized spacial score (nSPS) is 20.5. The Morgan fingerprint density at radius 1 is 1.11 bits per heavy atom. The molecular weight excluding hydrogens is 338 g/mol. The summed E-state index contributed by atoms with van der Waals surface area (Å²) in [6.07, 6.45) is 2.89. The standard InChI is InChI=1S/C22H29N3O2/c1-22(2,3)16-9-10-19-18(15-16)20(23-27-19)21(26)25-13-11-24(12-14-25)17-7-5-4-6-8-17/h4-8,16H,9-15H2,1-3H3. The molecule has 27 heavy (non-hydrogen) atoms. The van der Waals surface area contributed by atoms with Gasteiger partial charge in [-0.05, 0) is 36.3 Å². The van der Waals surface area contributed by atoms with Gasteiger partial charge in [0.1, 0.15) is 5.76 Å². The van der Waals surface area contributed by atoms with Gasteiger partial charge in [0.25, 0.3) is 5.91 Å². The first-order valence-corrected chi connectivity index (χ1v) is 10.00. The minimum atomic E-state index is 0.0299. The highest BCUT2D eigenvalue weighted by Crippen LogP contribution is 2.38. The lowest BCUT2D eigenvalue weighted by Gasteiger charge is -2.36. The molecule has 1 aromatic heterocycles. The van der Waals surface area contributed by atoms with Crippen molar-refractivity contribution in [2.75, 3.05) is 31.1 Å². The number of aromatic nitrogens is 1. The highest BCUT2D eigenvalue weighted by Gasteiger charge is 2.35. The van der Waals surface area contributed by atoms with Crippen LogP contribution in [0, 0.1) is 11.3 Å². The van der Waals surface area contributed by atoms with Crippen molar-refractivity contribution in [2.45, 2.75) is 40.0 Å². The molecule has 1 aliphatic carbocycles. The predicted molar refractivity (Wildman–Crippen MR) is 106 cm³/mol. The number of fused-ring (bicyclic) bond motifs is 1. The third kappa shape index (κ3) is 3.60. The van der Waals surface area contributed by atoms with Crippen LogP contribution in [0.15, 0.2) is 34.9 Å². The van der Waals surface area contributed by atoms with E-state index in [9.17, 15) is 4.79 Å². The molecule has 144 valence electrons. The lowest BCUT2D eigenvalue weighted by Crippen LogP contribution is -2.49. The van der Waals surface area contributed by atoms with Gasteiger partial charge in [-0.15, -0.1) is 0 Å². The number of amides is 1. The molecular formula is C22H29N3O2. The summed E-state index contributed by atoms with van der Waals surface area (Å²) in [7, 11) is 0. The van der Waals surface area contributed by atoms with Crippen LogP contribution in [0.1, 0.15) is 49.0 Å². The zero-order valence-corrected chi connectivity index (χ0v) is 16.6. The molecule has 2 heterocycles. The van der Waals surface area contributed by atoms with Gasteiger partial charge in [0.15, 0.2) is 5.69 Å². The van der Waals surface area contributed by atoms with E-state index in [1.165, 1.54) is 5.69 Å². The molecule has 4 rings (SSSR count). The molecule has 0 radical (unpaired) electrons. The van der Waals surface area contributed by atoms with Crippen molar-refractivity contribution in [3.8, 4) is 0 Å². The van der Waals surface area contributed by atoms with Crippen LogP contribution in [-0.4, -0.2) is 42.1 Å². The van der Waals surface area contributed by atoms with Crippen molar-refractivity contribution in [1.29, 1.82) is 0 Å². The van der Waals surface area contributed by atoms with Gasteiger partial charge >= 0.3 is 0 Å². The summed E-state index contributed by atoms with van der Waals surface area (Å²) in [5.74, 6) is 1.51. The third-order valence-corrected chi connectivity index (χ3v) is 6.16. The fraction of sp³-hybridized carbons (Fsp3) is 0.545. The second kappa shape index (κ2) is 7.02. The molecule has 1 unspecified atom stereocenters. The van der Waals surface area contributed by atoms with Crippen LogP contribution < -0.4 is 4.90 Å². The van der Waals surface area contributed by atoms with E-state index < -0.39 is 0 Å². The summed E-state index contributed by atoms with van der Waals surface area (Å²) in [4.78, 5) is 17.4. The first-order valence-electron chi connectivity index (χ1n) is 10.00. The molecule has 5 nitrogen and oxygen atoms in total. The van der Waals surface area contributed by atoms with Gasteiger partial charge in [-0.25, -0.2) is 0 Å². The van der Waals surface area contributed by atoms with Crippen molar-refractivity contribution in [3.05, 3.63) is 47.3 Å². The van der Waals surface area contributed by atoms with Crippen LogP contribution in [0.25, 0.3) is 0 Å². The lowest BCUT2D eigenvalue weighted by molar-refractivity contribution is 0.0734. The minimum Gasteiger partial charge on any atom is -0.368 e. The number of benzene rings is 1. The van der Waals surface area contributed by atoms with Crippen molar-refractivity contribution in [3.63, 3.8) is 0 Å². The monoisotopic (exact) mass is 367 g/mol. The molecule has 0 N–H and O–H groups in total. The molecule has 1 aliphatic heterocycles. The number of aryl methyl sites for hydroxylation is 1. The van der Waals surface area contributed by atoms with Gasteiger partial charge in [-0.3, -0.25) is 4.79 Å². The number of hydrogen-bond acceptors (Lipinski definition) is 4. The summed E-state index contributed by atoms with van der Waals surface area (Å²) in [6, 6.07) is 10.4. The Morgan fingerprint density at radius 2 is 1.81 bits per heavy atom. The van der Waals surface area contributed by atoms with E-state index in [1.807, 2.05) is 11.0 Å². The largest absolute Gasteiger partial charge is 0.368 e. The maximum atomic E-state index is 13.1. The summed E-state index contributed by atoms with van der Waals surface area (Å²) in [5, 5.41) is 4.19. The Morgan fingerprint density at radius 3 is 2.48 bits per heavy atom. The van der Waals surface area contributed by atoms with Gasteiger partial charge in [0, 0.05) is 43.9 Å². The summed E-state index contributed by atoms with van der Waals surface area (Å²) >= 11 is 0. The van der Waals surface area contributed by atoms with E-state index in [2.05, 4.69) is 55.1 Å². The van der Waals surface area contributed by atoms with E-state index in [-0.39, 0.29) is 11.3 Å². The summed E-state index contributed by atoms with van der Waals surface area (Å²) in [6.45, 7) is 9.97. The second-order valence-electron chi connectivity index (χ2n) is 8.85. The molecule has 2 aromatic rings. The molecule has 1 atom stereocenters. The SMILES string of the molecule is CC(C)(C)C1CCc2onc(C(=O)N3CCN(c4ccccc4)CC3)c2C1. The highest BCUT2D eigenvalue weighted by molar-refractivity contribution is 5.94. The molecule has 1 amide bonds. The maximum Gasteiger partial charge on any atom is 0.276 e. The topological polar surface area (TPSA) is 49.6 Å². The van der Waals surface area contributed by atoms with E-state index in [0.717, 1.165) is 56.8 Å². The van der Waals surface area contributed by atoms with Gasteiger partial charge < -0.3 is 14.3 Å². The van der Waals surface area contributed by atoms with Gasteiger partial charge in [0.05, 0.1) is 0 Å². The smallest absolute Gasteiger partial charge is 0.276 e. The molecule has 0 spiro atoms. The number of rotatable bonds is 2. The minimum absolute atomic E-state index is 0.0299. The van der Waals surface area contributed by atoms with Gasteiger partial charge in [0.2, 0.25) is 0 Å². The number of nitrogens with zero attached hydrogens (tertiary/aromatic N) is 3. The van der Waals surface area contributed by atoms with Crippen molar-refractivity contribution >= 4 is 11.6 Å². The van der Waals surface area contributed by atoms with E-state index >= 15 is 0 Å². The second-order valence-corrected chi connectivity index (χ2v) is 8.85. The summed E-state index contributed by atoms with van der Waals surface area (Å²) in [5.41, 5.74) is 3.05. The zero-order valence-electron chi connectivity index (χ0n) is 16.6. The summed E-state index contributed by atoms with van der Waals surface area (Å²) < 4.78 is 5.54. The fourth-order valence-corrected chi connectivity index (χ4v) is 4.27. The van der Waals surface area contributed by atoms with Crippen molar-refractivity contribution in [1.82, 2.24) is 10.1 Å². The van der Waals surface area contributed by atoms with Crippen LogP contribution in [0.4, 0.5) is 5.69 Å². The molecule has 0 saturated carbocycles. The average Bonchev–Trinajstić information content (AvgIpc) is 3.11. The first kappa shape index (κ1) is 18.1. The lowest BCUT2D eigenvalue weighted by atomic mass is 9.71. The molecule has 5 heteroatoms. The van der Waals surface area contributed by atoms with E-state index in [0.29, 0.717) is 11.6 Å². The Hall–Kier alpha value is -2.30. The molecule has 1 fully saturated rings. The van der Waals surface area contributed by atoms with Crippen molar-refractivity contribution < 1.29 is 9.32 Å². The van der Waals surface area contributed by atoms with Gasteiger partial charge in [-0.1, -0.05) is 44.1 Å². The van der Waals surface area contributed by atoms with Crippen LogP contribution in [-0.2, 0) is 12.8 Å². The molecule has 0 bridgehead atoms. The van der Waals surface area contributed by atoms with Crippen LogP contribution in [0.5, 0.6) is 0 Å². The number of para-hydroxylation sites is 1. The van der Waals surface area contributed by atoms with E-state index in [1.54, 1.807) is 0 Å². The Kier molecular flexibility index (Phi) is 4.70. The highest BCUT2D eigenvalue weighted by atomic mass is 16.5. The van der Waals surface area contributed by atoms with Crippen molar-refractivity contribution in [2.24, 2.45) is 11.3 Å². The Bertz CT molecular complexity index is 799. The van der Waals surface area contributed by atoms with Crippen LogP contribution in [0.2, 0.25) is 0 Å². The quantitative estimate of drug-likeness (QED) is 0.810. The molecule has 1 saturated heterocycles.